The van der Waals surface area contributed by atoms with E-state index >= 15 is 0 Å². The summed E-state index contributed by atoms with van der Waals surface area (Å²) in [4.78, 5) is 8.43. The molecular formula is C21H26F2N4O3. The van der Waals surface area contributed by atoms with Crippen LogP contribution in [0.1, 0.15) is 30.9 Å². The van der Waals surface area contributed by atoms with E-state index in [0.717, 1.165) is 5.56 Å². The van der Waals surface area contributed by atoms with Crippen LogP contribution in [0.2, 0.25) is 0 Å². The number of aliphatic imine (C=N–C) groups is 1. The predicted molar refractivity (Wildman–Crippen MR) is 109 cm³/mol. The molecule has 0 fully saturated rings. The first-order valence-electron chi connectivity index (χ1n) is 9.69. The normalized spacial score (nSPS) is 14.2. The van der Waals surface area contributed by atoms with Crippen molar-refractivity contribution in [2.24, 2.45) is 10.9 Å². The molecular weight excluding hydrogens is 394 g/mol. The first kappa shape index (κ1) is 21.6. The van der Waals surface area contributed by atoms with Crippen molar-refractivity contribution in [3.05, 3.63) is 47.8 Å². The van der Waals surface area contributed by atoms with Gasteiger partial charge in [0, 0.05) is 50.1 Å². The molecule has 0 bridgehead atoms. The number of pyridine rings is 1. The summed E-state index contributed by atoms with van der Waals surface area (Å²) in [5, 5.41) is 6.44. The molecule has 0 aliphatic carbocycles. The van der Waals surface area contributed by atoms with Gasteiger partial charge in [-0.15, -0.1) is 0 Å². The summed E-state index contributed by atoms with van der Waals surface area (Å²) >= 11 is 0. The average molecular weight is 420 g/mol. The van der Waals surface area contributed by atoms with E-state index in [0.29, 0.717) is 35.5 Å². The van der Waals surface area contributed by atoms with Crippen molar-refractivity contribution in [1.82, 2.24) is 15.6 Å². The number of ether oxygens (including phenoxy) is 3. The Balaban J connectivity index is 1.65. The molecule has 1 aromatic carbocycles. The van der Waals surface area contributed by atoms with Crippen LogP contribution < -0.4 is 24.8 Å². The molecule has 1 aliphatic heterocycles. The van der Waals surface area contributed by atoms with Gasteiger partial charge >= 0.3 is 6.61 Å². The third-order valence-corrected chi connectivity index (χ3v) is 4.85. The lowest BCUT2D eigenvalue weighted by atomic mass is 9.89. The van der Waals surface area contributed by atoms with Crippen LogP contribution in [0.25, 0.3) is 0 Å². The minimum atomic E-state index is -2.94. The first-order valence-corrected chi connectivity index (χ1v) is 9.69. The van der Waals surface area contributed by atoms with Crippen molar-refractivity contribution in [2.75, 3.05) is 20.4 Å². The molecule has 0 spiro atoms. The molecule has 0 saturated heterocycles. The van der Waals surface area contributed by atoms with Gasteiger partial charge in [0.25, 0.3) is 0 Å². The van der Waals surface area contributed by atoms with E-state index in [9.17, 15) is 8.78 Å². The number of alkyl halides is 2. The zero-order valence-electron chi connectivity index (χ0n) is 17.2. The molecule has 1 aromatic heterocycles. The van der Waals surface area contributed by atoms with Gasteiger partial charge in [-0.1, -0.05) is 19.9 Å². The molecule has 2 aromatic rings. The van der Waals surface area contributed by atoms with Crippen molar-refractivity contribution < 1.29 is 23.0 Å². The SMILES string of the molecule is CN=C(NCc1cc2c(cc1OC(F)F)OCO2)NCC(c1cccnc1)C(C)C. The van der Waals surface area contributed by atoms with E-state index in [4.69, 9.17) is 9.47 Å². The number of hydrogen-bond donors (Lipinski definition) is 2. The third kappa shape index (κ3) is 5.49. The molecule has 7 nitrogen and oxygen atoms in total. The van der Waals surface area contributed by atoms with Crippen LogP contribution in [0.5, 0.6) is 17.2 Å². The highest BCUT2D eigenvalue weighted by molar-refractivity contribution is 5.79. The number of benzene rings is 1. The van der Waals surface area contributed by atoms with Gasteiger partial charge in [-0.05, 0) is 23.6 Å². The van der Waals surface area contributed by atoms with E-state index in [2.05, 4.69) is 45.3 Å². The fourth-order valence-corrected chi connectivity index (χ4v) is 3.25. The standard InChI is InChI=1S/C21H26F2N4O3/c1-13(2)16(14-5-4-6-25-9-14)11-27-21(24-3)26-10-15-7-18-19(29-12-28-18)8-17(15)30-20(22)23/h4-9,13,16,20H,10-12H2,1-3H3,(H2,24,26,27). The van der Waals surface area contributed by atoms with Gasteiger partial charge in [0.15, 0.2) is 17.5 Å². The number of rotatable bonds is 8. The third-order valence-electron chi connectivity index (χ3n) is 4.85. The molecule has 0 amide bonds. The smallest absolute Gasteiger partial charge is 0.387 e. The Kier molecular flexibility index (Phi) is 7.26. The molecule has 162 valence electrons. The van der Waals surface area contributed by atoms with E-state index in [-0.39, 0.29) is 25.0 Å². The second kappa shape index (κ2) is 10.1. The molecule has 1 unspecified atom stereocenters. The highest BCUT2D eigenvalue weighted by Crippen LogP contribution is 2.38. The second-order valence-electron chi connectivity index (χ2n) is 7.14. The Labute approximate surface area is 174 Å². The van der Waals surface area contributed by atoms with Crippen LogP contribution in [-0.2, 0) is 6.54 Å². The summed E-state index contributed by atoms with van der Waals surface area (Å²) < 4.78 is 40.8. The minimum Gasteiger partial charge on any atom is -0.454 e. The largest absolute Gasteiger partial charge is 0.454 e. The van der Waals surface area contributed by atoms with Crippen LogP contribution in [0.4, 0.5) is 8.78 Å². The van der Waals surface area contributed by atoms with Gasteiger partial charge < -0.3 is 24.8 Å². The maximum Gasteiger partial charge on any atom is 0.387 e. The van der Waals surface area contributed by atoms with Crippen LogP contribution in [0.3, 0.4) is 0 Å². The first-order chi connectivity index (χ1) is 14.5. The molecule has 30 heavy (non-hydrogen) atoms. The van der Waals surface area contributed by atoms with Crippen LogP contribution in [0, 0.1) is 5.92 Å². The quantitative estimate of drug-likeness (QED) is 0.503. The van der Waals surface area contributed by atoms with Crippen molar-refractivity contribution in [2.45, 2.75) is 32.9 Å². The number of hydrogen-bond acceptors (Lipinski definition) is 5. The Bertz CT molecular complexity index is 863. The van der Waals surface area contributed by atoms with Crippen LogP contribution in [0.15, 0.2) is 41.7 Å². The summed E-state index contributed by atoms with van der Waals surface area (Å²) in [5.74, 6) is 2.08. The molecule has 1 aliphatic rings. The van der Waals surface area contributed by atoms with E-state index in [1.807, 2.05) is 12.3 Å². The zero-order valence-corrected chi connectivity index (χ0v) is 17.2. The molecule has 2 heterocycles. The summed E-state index contributed by atoms with van der Waals surface area (Å²) in [6, 6.07) is 7.02. The molecule has 3 rings (SSSR count). The van der Waals surface area contributed by atoms with Crippen molar-refractivity contribution in [1.29, 1.82) is 0 Å². The molecule has 9 heteroatoms. The number of nitrogens with zero attached hydrogens (tertiary/aromatic N) is 2. The maximum absolute atomic E-state index is 12.8. The van der Waals surface area contributed by atoms with Crippen molar-refractivity contribution >= 4 is 5.96 Å². The van der Waals surface area contributed by atoms with Crippen molar-refractivity contribution in [3.8, 4) is 17.2 Å². The van der Waals surface area contributed by atoms with Gasteiger partial charge in [-0.25, -0.2) is 0 Å². The lowest BCUT2D eigenvalue weighted by molar-refractivity contribution is -0.0505. The molecule has 2 N–H and O–H groups in total. The zero-order chi connectivity index (χ0) is 21.5. The fraction of sp³-hybridized carbons (Fsp3) is 0.429. The Morgan fingerprint density at radius 2 is 2.00 bits per heavy atom. The van der Waals surface area contributed by atoms with Gasteiger partial charge in [0.1, 0.15) is 5.75 Å². The number of guanidine groups is 1. The van der Waals surface area contributed by atoms with Gasteiger partial charge in [0.05, 0.1) is 0 Å². The lowest BCUT2D eigenvalue weighted by Gasteiger charge is -2.23. The molecule has 0 saturated carbocycles. The van der Waals surface area contributed by atoms with E-state index < -0.39 is 6.61 Å². The monoisotopic (exact) mass is 420 g/mol. The lowest BCUT2D eigenvalue weighted by Crippen LogP contribution is -2.39. The Hall–Kier alpha value is -3.10. The average Bonchev–Trinajstić information content (AvgIpc) is 3.17. The second-order valence-corrected chi connectivity index (χ2v) is 7.14. The van der Waals surface area contributed by atoms with Gasteiger partial charge in [-0.3, -0.25) is 9.98 Å². The predicted octanol–water partition coefficient (Wildman–Crippen LogP) is 3.52. The van der Waals surface area contributed by atoms with Gasteiger partial charge in [-0.2, -0.15) is 8.78 Å². The fourth-order valence-electron chi connectivity index (χ4n) is 3.25. The summed E-state index contributed by atoms with van der Waals surface area (Å²) in [5.41, 5.74) is 1.65. The molecule has 1 atom stereocenters. The molecule has 0 radical (unpaired) electrons. The number of nitrogens with one attached hydrogen (secondary N) is 2. The summed E-state index contributed by atoms with van der Waals surface area (Å²) in [6.07, 6.45) is 3.61. The van der Waals surface area contributed by atoms with Crippen molar-refractivity contribution in [3.63, 3.8) is 0 Å². The van der Waals surface area contributed by atoms with Gasteiger partial charge in [0.2, 0.25) is 6.79 Å². The Morgan fingerprint density at radius 1 is 1.23 bits per heavy atom. The maximum atomic E-state index is 12.8. The summed E-state index contributed by atoms with van der Waals surface area (Å²) in [6.45, 7) is 2.27. The highest BCUT2D eigenvalue weighted by Gasteiger charge is 2.21. The van der Waals surface area contributed by atoms with E-state index in [1.54, 1.807) is 19.3 Å². The number of fused-ring (bicyclic) bond motifs is 1. The van der Waals surface area contributed by atoms with E-state index in [1.165, 1.54) is 6.07 Å². The Morgan fingerprint density at radius 3 is 2.63 bits per heavy atom. The highest BCUT2D eigenvalue weighted by atomic mass is 19.3. The topological polar surface area (TPSA) is 77.0 Å². The minimum absolute atomic E-state index is 0.0348. The number of halogens is 2. The summed E-state index contributed by atoms with van der Waals surface area (Å²) in [7, 11) is 1.65. The number of aromatic nitrogens is 1. The van der Waals surface area contributed by atoms with Crippen LogP contribution >= 0.6 is 0 Å². The van der Waals surface area contributed by atoms with Crippen LogP contribution in [-0.4, -0.2) is 37.9 Å².